The number of ketones is 1. The lowest BCUT2D eigenvalue weighted by molar-refractivity contribution is 0.104. The highest BCUT2D eigenvalue weighted by Crippen LogP contribution is 2.27. The first-order chi connectivity index (χ1) is 10.1. The van der Waals surface area contributed by atoms with Crippen LogP contribution in [0.1, 0.15) is 33.3 Å². The van der Waals surface area contributed by atoms with Gasteiger partial charge in [0, 0.05) is 24.8 Å². The van der Waals surface area contributed by atoms with Crippen LogP contribution in [0.4, 0.5) is 10.5 Å². The third kappa shape index (κ3) is 2.45. The monoisotopic (exact) mass is 300 g/mol. The molecule has 2 heterocycles. The molecule has 0 radical (unpaired) electrons. The standard InChI is InChI=1S/C16H16N2O2S/c1-3-10-6-7-21-15(10)14(19)11-4-5-13-12(8-11)9-18(2)16(20)17-13/h4-8H,3,9H2,1-2H3,(H,17,20). The van der Waals surface area contributed by atoms with Crippen molar-refractivity contribution < 1.29 is 9.59 Å². The fourth-order valence-electron chi connectivity index (χ4n) is 2.47. The Morgan fingerprint density at radius 3 is 2.95 bits per heavy atom. The number of hydrogen-bond acceptors (Lipinski definition) is 3. The summed E-state index contributed by atoms with van der Waals surface area (Å²) >= 11 is 1.49. The third-order valence-electron chi connectivity index (χ3n) is 3.70. The Kier molecular flexibility index (Phi) is 3.51. The Morgan fingerprint density at radius 2 is 2.19 bits per heavy atom. The molecule has 5 heteroatoms. The molecule has 0 spiro atoms. The molecule has 0 bridgehead atoms. The van der Waals surface area contributed by atoms with Gasteiger partial charge in [0.2, 0.25) is 5.78 Å². The number of carbonyl (C=O) groups excluding carboxylic acids is 2. The van der Waals surface area contributed by atoms with Gasteiger partial charge in [-0.25, -0.2) is 4.79 Å². The van der Waals surface area contributed by atoms with Crippen molar-refractivity contribution in [2.24, 2.45) is 0 Å². The zero-order valence-corrected chi connectivity index (χ0v) is 12.8. The van der Waals surface area contributed by atoms with Crippen molar-refractivity contribution in [1.29, 1.82) is 0 Å². The van der Waals surface area contributed by atoms with E-state index in [-0.39, 0.29) is 11.8 Å². The lowest BCUT2D eigenvalue weighted by atomic mass is 10.0. The van der Waals surface area contributed by atoms with Crippen molar-refractivity contribution in [3.8, 4) is 0 Å². The minimum atomic E-state index is -0.117. The molecule has 1 aliphatic heterocycles. The number of fused-ring (bicyclic) bond motifs is 1. The summed E-state index contributed by atoms with van der Waals surface area (Å²) in [5, 5.41) is 4.77. The van der Waals surface area contributed by atoms with E-state index in [1.165, 1.54) is 11.3 Å². The van der Waals surface area contributed by atoms with E-state index in [0.717, 1.165) is 28.1 Å². The molecule has 2 aromatic rings. The second kappa shape index (κ2) is 5.33. The van der Waals surface area contributed by atoms with E-state index in [9.17, 15) is 9.59 Å². The molecule has 1 aliphatic rings. The van der Waals surface area contributed by atoms with Crippen LogP contribution in [0.2, 0.25) is 0 Å². The quantitative estimate of drug-likeness (QED) is 0.882. The van der Waals surface area contributed by atoms with Crippen LogP contribution in [0.5, 0.6) is 0 Å². The topological polar surface area (TPSA) is 49.4 Å². The highest BCUT2D eigenvalue weighted by atomic mass is 32.1. The molecule has 3 rings (SSSR count). The molecule has 2 amide bonds. The zero-order valence-electron chi connectivity index (χ0n) is 12.0. The van der Waals surface area contributed by atoms with Gasteiger partial charge in [-0.3, -0.25) is 4.79 Å². The van der Waals surface area contributed by atoms with Crippen LogP contribution in [-0.2, 0) is 13.0 Å². The number of nitrogens with zero attached hydrogens (tertiary/aromatic N) is 1. The van der Waals surface area contributed by atoms with Crippen molar-refractivity contribution in [3.63, 3.8) is 0 Å². The summed E-state index contributed by atoms with van der Waals surface area (Å²) < 4.78 is 0. The third-order valence-corrected chi connectivity index (χ3v) is 4.65. The van der Waals surface area contributed by atoms with Crippen molar-refractivity contribution in [2.45, 2.75) is 19.9 Å². The summed E-state index contributed by atoms with van der Waals surface area (Å²) in [6.45, 7) is 2.57. The van der Waals surface area contributed by atoms with Gasteiger partial charge in [-0.05, 0) is 47.2 Å². The molecule has 0 fully saturated rings. The molecular weight excluding hydrogens is 284 g/mol. The maximum absolute atomic E-state index is 12.6. The highest BCUT2D eigenvalue weighted by molar-refractivity contribution is 7.12. The van der Waals surface area contributed by atoms with Gasteiger partial charge in [0.15, 0.2) is 0 Å². The van der Waals surface area contributed by atoms with Gasteiger partial charge in [0.1, 0.15) is 0 Å². The molecule has 0 atom stereocenters. The number of thiophene rings is 1. The van der Waals surface area contributed by atoms with Crippen molar-refractivity contribution in [2.75, 3.05) is 12.4 Å². The molecule has 1 N–H and O–H groups in total. The first-order valence-electron chi connectivity index (χ1n) is 6.86. The van der Waals surface area contributed by atoms with Crippen molar-refractivity contribution in [3.05, 3.63) is 51.2 Å². The number of aryl methyl sites for hydroxylation is 1. The molecule has 21 heavy (non-hydrogen) atoms. The van der Waals surface area contributed by atoms with Crippen LogP contribution in [0.3, 0.4) is 0 Å². The summed E-state index contributed by atoms with van der Waals surface area (Å²) in [5.74, 6) is 0.0594. The Labute approximate surface area is 127 Å². The maximum Gasteiger partial charge on any atom is 0.321 e. The fourth-order valence-corrected chi connectivity index (χ4v) is 3.43. The number of carbonyl (C=O) groups is 2. The maximum atomic E-state index is 12.6. The number of amides is 2. The summed E-state index contributed by atoms with van der Waals surface area (Å²) in [6, 6.07) is 7.36. The second-order valence-electron chi connectivity index (χ2n) is 5.12. The van der Waals surface area contributed by atoms with Gasteiger partial charge >= 0.3 is 6.03 Å². The summed E-state index contributed by atoms with van der Waals surface area (Å²) in [7, 11) is 1.74. The Morgan fingerprint density at radius 1 is 1.38 bits per heavy atom. The zero-order chi connectivity index (χ0) is 15.0. The number of benzene rings is 1. The molecule has 108 valence electrons. The minimum Gasteiger partial charge on any atom is -0.323 e. The van der Waals surface area contributed by atoms with Crippen LogP contribution >= 0.6 is 11.3 Å². The van der Waals surface area contributed by atoms with E-state index in [1.54, 1.807) is 18.0 Å². The van der Waals surface area contributed by atoms with Crippen LogP contribution < -0.4 is 5.32 Å². The summed E-state index contributed by atoms with van der Waals surface area (Å²) in [4.78, 5) is 26.6. The lowest BCUT2D eigenvalue weighted by Crippen LogP contribution is -2.35. The van der Waals surface area contributed by atoms with Gasteiger partial charge < -0.3 is 10.2 Å². The Hall–Kier alpha value is -2.14. The van der Waals surface area contributed by atoms with Gasteiger partial charge in [-0.2, -0.15) is 0 Å². The number of nitrogens with one attached hydrogen (secondary N) is 1. The average molecular weight is 300 g/mol. The van der Waals surface area contributed by atoms with E-state index in [2.05, 4.69) is 12.2 Å². The van der Waals surface area contributed by atoms with Crippen LogP contribution in [0, 0.1) is 0 Å². The SMILES string of the molecule is CCc1ccsc1C(=O)c1ccc2c(c1)CN(C)C(=O)N2. The normalized spacial score (nSPS) is 13.8. The molecule has 0 saturated carbocycles. The first-order valence-corrected chi connectivity index (χ1v) is 7.74. The van der Waals surface area contributed by atoms with E-state index in [0.29, 0.717) is 12.1 Å². The lowest BCUT2D eigenvalue weighted by Gasteiger charge is -2.26. The number of anilines is 1. The Balaban J connectivity index is 1.96. The van der Waals surface area contributed by atoms with Crippen molar-refractivity contribution >= 4 is 28.8 Å². The molecule has 0 unspecified atom stereocenters. The van der Waals surface area contributed by atoms with Crippen LogP contribution in [-0.4, -0.2) is 23.8 Å². The number of hydrogen-bond donors (Lipinski definition) is 1. The molecular formula is C16H16N2O2S. The highest BCUT2D eigenvalue weighted by Gasteiger charge is 2.21. The molecule has 0 saturated heterocycles. The summed E-state index contributed by atoms with van der Waals surface area (Å²) in [6.07, 6.45) is 0.855. The number of rotatable bonds is 3. The van der Waals surface area contributed by atoms with Gasteiger partial charge in [0.25, 0.3) is 0 Å². The van der Waals surface area contributed by atoms with Crippen molar-refractivity contribution in [1.82, 2.24) is 4.90 Å². The van der Waals surface area contributed by atoms with E-state index in [4.69, 9.17) is 0 Å². The van der Waals surface area contributed by atoms with E-state index >= 15 is 0 Å². The van der Waals surface area contributed by atoms with Gasteiger partial charge in [0.05, 0.1) is 4.88 Å². The van der Waals surface area contributed by atoms with E-state index < -0.39 is 0 Å². The minimum absolute atomic E-state index is 0.0594. The predicted octanol–water partition coefficient (Wildman–Crippen LogP) is 3.52. The Bertz CT molecular complexity index is 721. The predicted molar refractivity (Wildman–Crippen MR) is 84.1 cm³/mol. The molecule has 4 nitrogen and oxygen atoms in total. The van der Waals surface area contributed by atoms with Crippen LogP contribution in [0.15, 0.2) is 29.6 Å². The van der Waals surface area contributed by atoms with Crippen LogP contribution in [0.25, 0.3) is 0 Å². The summed E-state index contributed by atoms with van der Waals surface area (Å²) in [5.41, 5.74) is 3.53. The van der Waals surface area contributed by atoms with E-state index in [1.807, 2.05) is 23.6 Å². The van der Waals surface area contributed by atoms with Gasteiger partial charge in [-0.15, -0.1) is 11.3 Å². The first kappa shape index (κ1) is 13.8. The fraction of sp³-hybridized carbons (Fsp3) is 0.250. The largest absolute Gasteiger partial charge is 0.323 e. The molecule has 1 aromatic carbocycles. The molecule has 0 aliphatic carbocycles. The molecule has 1 aromatic heterocycles. The second-order valence-corrected chi connectivity index (χ2v) is 6.03. The number of urea groups is 1. The van der Waals surface area contributed by atoms with Gasteiger partial charge in [-0.1, -0.05) is 6.92 Å². The average Bonchev–Trinajstić information content (AvgIpc) is 2.95. The smallest absolute Gasteiger partial charge is 0.321 e.